The van der Waals surface area contributed by atoms with E-state index in [2.05, 4.69) is 23.0 Å². The van der Waals surface area contributed by atoms with Gasteiger partial charge in [0.2, 0.25) is 0 Å². The molecule has 2 heterocycles. The number of aromatic nitrogens is 1. The topological polar surface area (TPSA) is 53.4 Å². The second-order valence-corrected chi connectivity index (χ2v) is 4.66. The molecule has 0 saturated carbocycles. The first-order chi connectivity index (χ1) is 8.16. The Labute approximate surface area is 101 Å². The molecule has 1 unspecified atom stereocenters. The lowest BCUT2D eigenvalue weighted by Gasteiger charge is -2.19. The summed E-state index contributed by atoms with van der Waals surface area (Å²) in [5.74, 6) is -0.756. The Morgan fingerprint density at radius 2 is 2.41 bits per heavy atom. The molecule has 92 valence electrons. The zero-order valence-electron chi connectivity index (χ0n) is 10.1. The number of hydrogen-bond acceptors (Lipinski definition) is 3. The normalized spacial score (nSPS) is 20.6. The molecular formula is C13H18N2O2. The monoisotopic (exact) mass is 234 g/mol. The van der Waals surface area contributed by atoms with Gasteiger partial charge < -0.3 is 5.11 Å². The molecule has 1 N–H and O–H groups in total. The smallest absolute Gasteiger partial charge is 0.303 e. The summed E-state index contributed by atoms with van der Waals surface area (Å²) in [6.45, 7) is 1.13. The molecule has 1 saturated heterocycles. The Balaban J connectivity index is 2.08. The number of rotatable bonds is 4. The van der Waals surface area contributed by atoms with Crippen molar-refractivity contribution in [2.24, 2.45) is 0 Å². The van der Waals surface area contributed by atoms with Crippen LogP contribution in [-0.4, -0.2) is 34.6 Å². The van der Waals surface area contributed by atoms with Crippen molar-refractivity contribution in [3.8, 4) is 0 Å². The van der Waals surface area contributed by atoms with Gasteiger partial charge in [0, 0.05) is 24.9 Å². The first kappa shape index (κ1) is 12.0. The fourth-order valence-corrected chi connectivity index (χ4v) is 2.41. The molecule has 4 heteroatoms. The van der Waals surface area contributed by atoms with Crippen LogP contribution in [-0.2, 0) is 11.2 Å². The van der Waals surface area contributed by atoms with Gasteiger partial charge in [0.1, 0.15) is 0 Å². The second-order valence-electron chi connectivity index (χ2n) is 4.66. The van der Waals surface area contributed by atoms with E-state index in [0.717, 1.165) is 12.1 Å². The van der Waals surface area contributed by atoms with Crippen LogP contribution in [0.1, 0.15) is 36.4 Å². The van der Waals surface area contributed by atoms with Gasteiger partial charge in [-0.2, -0.15) is 0 Å². The number of hydrogen-bond donors (Lipinski definition) is 1. The van der Waals surface area contributed by atoms with Crippen molar-refractivity contribution in [3.63, 3.8) is 0 Å². The molecule has 1 aliphatic rings. The van der Waals surface area contributed by atoms with Gasteiger partial charge >= 0.3 is 5.97 Å². The highest BCUT2D eigenvalue weighted by Gasteiger charge is 2.22. The standard InChI is InChI=1S/C13H18N2O2/c1-15-6-2-3-12(15)11-7-10(8-14-9-11)4-5-13(16)17/h7-9,12H,2-6H2,1H3,(H,16,17). The lowest BCUT2D eigenvalue weighted by Crippen LogP contribution is -2.17. The van der Waals surface area contributed by atoms with Crippen molar-refractivity contribution >= 4 is 5.97 Å². The Morgan fingerprint density at radius 1 is 1.59 bits per heavy atom. The minimum atomic E-state index is -0.756. The fourth-order valence-electron chi connectivity index (χ4n) is 2.41. The number of carbonyl (C=O) groups is 1. The average molecular weight is 234 g/mol. The lowest BCUT2D eigenvalue weighted by molar-refractivity contribution is -0.136. The average Bonchev–Trinajstić information content (AvgIpc) is 2.73. The molecule has 2 rings (SSSR count). The maximum absolute atomic E-state index is 10.5. The quantitative estimate of drug-likeness (QED) is 0.864. The Kier molecular flexibility index (Phi) is 3.74. The number of likely N-dealkylation sites (tertiary alicyclic amines) is 1. The van der Waals surface area contributed by atoms with Gasteiger partial charge in [-0.1, -0.05) is 6.07 Å². The van der Waals surface area contributed by atoms with E-state index >= 15 is 0 Å². The predicted molar refractivity (Wildman–Crippen MR) is 64.8 cm³/mol. The van der Waals surface area contributed by atoms with E-state index in [4.69, 9.17) is 5.11 Å². The summed E-state index contributed by atoms with van der Waals surface area (Å²) in [6.07, 6.45) is 6.79. The Bertz CT molecular complexity index is 406. The van der Waals surface area contributed by atoms with Crippen LogP contribution in [0.25, 0.3) is 0 Å². The molecule has 0 amide bonds. The fraction of sp³-hybridized carbons (Fsp3) is 0.538. The number of carboxylic acids is 1. The van der Waals surface area contributed by atoms with E-state index in [-0.39, 0.29) is 6.42 Å². The molecule has 0 aliphatic carbocycles. The molecule has 1 atom stereocenters. The SMILES string of the molecule is CN1CCCC1c1cncc(CCC(=O)O)c1. The van der Waals surface area contributed by atoms with Crippen molar-refractivity contribution in [2.75, 3.05) is 13.6 Å². The van der Waals surface area contributed by atoms with E-state index in [0.29, 0.717) is 12.5 Å². The highest BCUT2D eigenvalue weighted by Crippen LogP contribution is 2.30. The molecule has 4 nitrogen and oxygen atoms in total. The third-order valence-corrected chi connectivity index (χ3v) is 3.35. The number of nitrogens with zero attached hydrogens (tertiary/aromatic N) is 2. The van der Waals surface area contributed by atoms with E-state index in [1.807, 2.05) is 6.20 Å². The van der Waals surface area contributed by atoms with Crippen LogP contribution in [0.5, 0.6) is 0 Å². The van der Waals surface area contributed by atoms with Crippen LogP contribution in [0.3, 0.4) is 0 Å². The molecule has 0 spiro atoms. The predicted octanol–water partition coefficient (Wildman–Crippen LogP) is 1.87. The zero-order chi connectivity index (χ0) is 12.3. The number of pyridine rings is 1. The molecule has 1 aliphatic heterocycles. The molecule has 0 aromatic carbocycles. The summed E-state index contributed by atoms with van der Waals surface area (Å²) in [5.41, 5.74) is 2.23. The number of aryl methyl sites for hydroxylation is 1. The minimum Gasteiger partial charge on any atom is -0.481 e. The maximum atomic E-state index is 10.5. The van der Waals surface area contributed by atoms with Gasteiger partial charge in [-0.15, -0.1) is 0 Å². The zero-order valence-corrected chi connectivity index (χ0v) is 10.1. The Hall–Kier alpha value is -1.42. The van der Waals surface area contributed by atoms with Gasteiger partial charge in [0.15, 0.2) is 0 Å². The van der Waals surface area contributed by atoms with Gasteiger partial charge in [-0.05, 0) is 44.0 Å². The summed E-state index contributed by atoms with van der Waals surface area (Å²) < 4.78 is 0. The lowest BCUT2D eigenvalue weighted by atomic mass is 10.0. The van der Waals surface area contributed by atoms with E-state index in [9.17, 15) is 4.79 Å². The highest BCUT2D eigenvalue weighted by molar-refractivity contribution is 5.67. The van der Waals surface area contributed by atoms with E-state index in [1.165, 1.54) is 18.4 Å². The van der Waals surface area contributed by atoms with Crippen LogP contribution >= 0.6 is 0 Å². The summed E-state index contributed by atoms with van der Waals surface area (Å²) in [5, 5.41) is 8.67. The highest BCUT2D eigenvalue weighted by atomic mass is 16.4. The Morgan fingerprint density at radius 3 is 3.06 bits per heavy atom. The van der Waals surface area contributed by atoms with Gasteiger partial charge in [-0.3, -0.25) is 14.7 Å². The molecule has 1 fully saturated rings. The van der Waals surface area contributed by atoms with Crippen molar-refractivity contribution in [1.29, 1.82) is 0 Å². The molecule has 0 radical (unpaired) electrons. The third-order valence-electron chi connectivity index (χ3n) is 3.35. The van der Waals surface area contributed by atoms with Crippen LogP contribution in [0.4, 0.5) is 0 Å². The van der Waals surface area contributed by atoms with Crippen molar-refractivity contribution < 1.29 is 9.90 Å². The molecule has 0 bridgehead atoms. The van der Waals surface area contributed by atoms with Gasteiger partial charge in [0.05, 0.1) is 0 Å². The first-order valence-corrected chi connectivity index (χ1v) is 6.02. The van der Waals surface area contributed by atoms with Crippen LogP contribution in [0.2, 0.25) is 0 Å². The second kappa shape index (κ2) is 5.27. The van der Waals surface area contributed by atoms with Crippen molar-refractivity contribution in [2.45, 2.75) is 31.7 Å². The van der Waals surface area contributed by atoms with E-state index < -0.39 is 5.97 Å². The number of carboxylic acid groups (broad SMARTS) is 1. The van der Waals surface area contributed by atoms with Gasteiger partial charge in [-0.25, -0.2) is 0 Å². The molecular weight excluding hydrogens is 216 g/mol. The van der Waals surface area contributed by atoms with Crippen LogP contribution in [0, 0.1) is 0 Å². The first-order valence-electron chi connectivity index (χ1n) is 6.02. The summed E-state index contributed by atoms with van der Waals surface area (Å²) in [7, 11) is 2.13. The summed E-state index contributed by atoms with van der Waals surface area (Å²) >= 11 is 0. The van der Waals surface area contributed by atoms with Crippen LogP contribution < -0.4 is 0 Å². The number of aliphatic carboxylic acids is 1. The molecule has 17 heavy (non-hydrogen) atoms. The largest absolute Gasteiger partial charge is 0.481 e. The maximum Gasteiger partial charge on any atom is 0.303 e. The third kappa shape index (κ3) is 3.03. The minimum absolute atomic E-state index is 0.172. The molecule has 1 aromatic rings. The van der Waals surface area contributed by atoms with Crippen molar-refractivity contribution in [1.82, 2.24) is 9.88 Å². The van der Waals surface area contributed by atoms with Crippen molar-refractivity contribution in [3.05, 3.63) is 29.6 Å². The van der Waals surface area contributed by atoms with Gasteiger partial charge in [0.25, 0.3) is 0 Å². The summed E-state index contributed by atoms with van der Waals surface area (Å²) in [6, 6.07) is 2.55. The summed E-state index contributed by atoms with van der Waals surface area (Å²) in [4.78, 5) is 17.1. The molecule has 1 aromatic heterocycles. The van der Waals surface area contributed by atoms with Crippen LogP contribution in [0.15, 0.2) is 18.5 Å². The van der Waals surface area contributed by atoms with E-state index in [1.54, 1.807) is 6.20 Å².